The van der Waals surface area contributed by atoms with Crippen LogP contribution in [0.3, 0.4) is 0 Å². The highest BCUT2D eigenvalue weighted by molar-refractivity contribution is 5.70. The lowest BCUT2D eigenvalue weighted by molar-refractivity contribution is -0.146. The Morgan fingerprint density at radius 3 is 0.787 bits per heavy atom. The standard InChI is InChI=1S/C71H140O4/c1-4-6-8-10-12-14-16-18-20-21-32-35-39-43-47-51-55-59-63-67(71(73)74)68(72)64-60-56-52-48-44-40-36-33-30-28-26-24-22-23-25-27-29-31-34-37-41-45-49-53-57-61-65-69-70(75-69)66(3)62-58-54-50-46-42-38-19-17-15-13-11-9-7-5-2/h66-70,72H,4-65H2,1-3H3,(H,73,74). The first-order valence-corrected chi connectivity index (χ1v) is 35.6. The van der Waals surface area contributed by atoms with E-state index < -0.39 is 18.0 Å². The smallest absolute Gasteiger partial charge is 0.309 e. The molecular formula is C71H140O4. The molecule has 0 aliphatic carbocycles. The molecule has 5 unspecified atom stereocenters. The molecule has 4 nitrogen and oxygen atoms in total. The van der Waals surface area contributed by atoms with E-state index in [4.69, 9.17) is 4.74 Å². The second-order valence-electron chi connectivity index (χ2n) is 25.6. The summed E-state index contributed by atoms with van der Waals surface area (Å²) in [5.41, 5.74) is 0. The number of carboxylic acids is 1. The van der Waals surface area contributed by atoms with Crippen molar-refractivity contribution >= 4 is 5.97 Å². The molecule has 1 fully saturated rings. The summed E-state index contributed by atoms with van der Waals surface area (Å²) in [6.07, 6.45) is 84.9. The van der Waals surface area contributed by atoms with Gasteiger partial charge in [-0.3, -0.25) is 4.79 Å². The Bertz CT molecular complexity index is 1090. The van der Waals surface area contributed by atoms with E-state index >= 15 is 0 Å². The van der Waals surface area contributed by atoms with Gasteiger partial charge in [0.25, 0.3) is 0 Å². The second-order valence-corrected chi connectivity index (χ2v) is 25.6. The van der Waals surface area contributed by atoms with Gasteiger partial charge in [0.1, 0.15) is 0 Å². The largest absolute Gasteiger partial charge is 0.481 e. The highest BCUT2D eigenvalue weighted by atomic mass is 16.6. The third-order valence-corrected chi connectivity index (χ3v) is 18.1. The summed E-state index contributed by atoms with van der Waals surface area (Å²) in [4.78, 5) is 11.9. The molecule has 4 heteroatoms. The minimum atomic E-state index is -0.801. The monoisotopic (exact) mass is 1060 g/mol. The first-order chi connectivity index (χ1) is 37.0. The molecular weight excluding hydrogens is 917 g/mol. The fourth-order valence-corrected chi connectivity index (χ4v) is 12.6. The number of epoxide rings is 1. The van der Waals surface area contributed by atoms with Crippen LogP contribution in [-0.2, 0) is 9.53 Å². The molecule has 0 aromatic rings. The Kier molecular flexibility index (Phi) is 57.4. The minimum absolute atomic E-state index is 0.582. The van der Waals surface area contributed by atoms with Gasteiger partial charge in [-0.1, -0.05) is 393 Å². The maximum Gasteiger partial charge on any atom is 0.309 e. The van der Waals surface area contributed by atoms with E-state index in [0.717, 1.165) is 31.6 Å². The number of hydrogen-bond donors (Lipinski definition) is 2. The Labute approximate surface area is 472 Å². The zero-order valence-corrected chi connectivity index (χ0v) is 51.9. The van der Waals surface area contributed by atoms with E-state index in [9.17, 15) is 15.0 Å². The Balaban J connectivity index is 1.73. The fourth-order valence-electron chi connectivity index (χ4n) is 12.6. The van der Waals surface area contributed by atoms with Crippen LogP contribution < -0.4 is 0 Å². The summed E-state index contributed by atoms with van der Waals surface area (Å²) in [5, 5.41) is 20.5. The lowest BCUT2D eigenvalue weighted by Crippen LogP contribution is -2.28. The highest BCUT2D eigenvalue weighted by Crippen LogP contribution is 2.36. The van der Waals surface area contributed by atoms with Crippen LogP contribution >= 0.6 is 0 Å². The van der Waals surface area contributed by atoms with Gasteiger partial charge in [0.05, 0.1) is 24.2 Å². The van der Waals surface area contributed by atoms with Crippen LogP contribution in [-0.4, -0.2) is 34.5 Å². The molecule has 0 spiro atoms. The van der Waals surface area contributed by atoms with E-state index in [-0.39, 0.29) is 0 Å². The van der Waals surface area contributed by atoms with Crippen molar-refractivity contribution in [1.29, 1.82) is 0 Å². The first kappa shape index (κ1) is 72.4. The Hall–Kier alpha value is -0.610. The molecule has 448 valence electrons. The quantitative estimate of drug-likeness (QED) is 0.0470. The van der Waals surface area contributed by atoms with E-state index in [1.165, 1.54) is 360 Å². The molecule has 0 amide bonds. The molecule has 0 radical (unpaired) electrons. The van der Waals surface area contributed by atoms with Gasteiger partial charge in [-0.2, -0.15) is 0 Å². The zero-order valence-electron chi connectivity index (χ0n) is 51.9. The SMILES string of the molecule is CCCCCCCCCCCCCCCCCCCCC(C(=O)O)C(O)CCCCCCCCCCCCCCCCCCCCCCCCCCCCC1OC1C(C)CCCCCCCCCCCCCCCC. The predicted molar refractivity (Wildman–Crippen MR) is 333 cm³/mol. The van der Waals surface area contributed by atoms with Gasteiger partial charge in [0, 0.05) is 0 Å². The maximum absolute atomic E-state index is 11.9. The molecule has 0 bridgehead atoms. The van der Waals surface area contributed by atoms with Crippen LogP contribution in [0, 0.1) is 11.8 Å². The summed E-state index contributed by atoms with van der Waals surface area (Å²) in [6.45, 7) is 7.05. The normalized spacial score (nSPS) is 15.7. The first-order valence-electron chi connectivity index (χ1n) is 35.6. The molecule has 5 atom stereocenters. The number of aliphatic hydroxyl groups is 1. The lowest BCUT2D eigenvalue weighted by Gasteiger charge is -2.19. The van der Waals surface area contributed by atoms with Crippen LogP contribution in [0.15, 0.2) is 0 Å². The number of unbranched alkanes of at least 4 members (excludes halogenated alkanes) is 55. The van der Waals surface area contributed by atoms with Crippen LogP contribution in [0.2, 0.25) is 0 Å². The molecule has 1 aliphatic heterocycles. The molecule has 1 saturated heterocycles. The van der Waals surface area contributed by atoms with E-state index in [1.54, 1.807) is 0 Å². The number of rotatable bonds is 66. The number of hydrogen-bond acceptors (Lipinski definition) is 3. The third-order valence-electron chi connectivity index (χ3n) is 18.1. The predicted octanol–water partition coefficient (Wildman–Crippen LogP) is 24.7. The van der Waals surface area contributed by atoms with Crippen molar-refractivity contribution in [3.05, 3.63) is 0 Å². The van der Waals surface area contributed by atoms with Crippen molar-refractivity contribution in [3.63, 3.8) is 0 Å². The minimum Gasteiger partial charge on any atom is -0.481 e. The van der Waals surface area contributed by atoms with Crippen LogP contribution in [0.4, 0.5) is 0 Å². The van der Waals surface area contributed by atoms with Crippen molar-refractivity contribution in [2.75, 3.05) is 0 Å². The summed E-state index contributed by atoms with van der Waals surface area (Å²) in [6, 6.07) is 0. The average Bonchev–Trinajstić information content (AvgIpc) is 4.19. The van der Waals surface area contributed by atoms with E-state index in [0.29, 0.717) is 25.0 Å². The summed E-state index contributed by atoms with van der Waals surface area (Å²) in [5.74, 6) is -0.614. The third kappa shape index (κ3) is 52.5. The number of carbonyl (C=O) groups is 1. The number of carboxylic acid groups (broad SMARTS) is 1. The number of aliphatic hydroxyl groups excluding tert-OH is 1. The van der Waals surface area contributed by atoms with Crippen molar-refractivity contribution < 1.29 is 19.7 Å². The topological polar surface area (TPSA) is 70.1 Å². The Morgan fingerprint density at radius 1 is 0.320 bits per heavy atom. The zero-order chi connectivity index (χ0) is 54.0. The van der Waals surface area contributed by atoms with Gasteiger partial charge in [-0.05, 0) is 31.6 Å². The van der Waals surface area contributed by atoms with E-state index in [2.05, 4.69) is 20.8 Å². The fraction of sp³-hybridized carbons (Fsp3) is 0.986. The van der Waals surface area contributed by atoms with Gasteiger partial charge in [0.15, 0.2) is 0 Å². The number of ether oxygens (including phenoxy) is 1. The van der Waals surface area contributed by atoms with Crippen LogP contribution in [0.1, 0.15) is 419 Å². The molecule has 0 aromatic heterocycles. The highest BCUT2D eigenvalue weighted by Gasteiger charge is 2.41. The van der Waals surface area contributed by atoms with Crippen LogP contribution in [0.5, 0.6) is 0 Å². The van der Waals surface area contributed by atoms with Gasteiger partial charge in [-0.25, -0.2) is 0 Å². The van der Waals surface area contributed by atoms with Crippen molar-refractivity contribution in [2.24, 2.45) is 11.8 Å². The molecule has 1 heterocycles. The number of aliphatic carboxylic acids is 1. The van der Waals surface area contributed by atoms with Gasteiger partial charge in [0.2, 0.25) is 0 Å². The summed E-state index contributed by atoms with van der Waals surface area (Å²) >= 11 is 0. The molecule has 2 N–H and O–H groups in total. The maximum atomic E-state index is 11.9. The molecule has 0 aromatic carbocycles. The van der Waals surface area contributed by atoms with Crippen molar-refractivity contribution in [3.8, 4) is 0 Å². The molecule has 0 saturated carbocycles. The van der Waals surface area contributed by atoms with Gasteiger partial charge in [-0.15, -0.1) is 0 Å². The molecule has 1 rings (SSSR count). The molecule has 75 heavy (non-hydrogen) atoms. The van der Waals surface area contributed by atoms with Crippen molar-refractivity contribution in [2.45, 2.75) is 437 Å². The average molecular weight is 1060 g/mol. The second kappa shape index (κ2) is 59.5. The van der Waals surface area contributed by atoms with Gasteiger partial charge >= 0.3 is 5.97 Å². The summed E-state index contributed by atoms with van der Waals surface area (Å²) in [7, 11) is 0. The molecule has 1 aliphatic rings. The summed E-state index contributed by atoms with van der Waals surface area (Å²) < 4.78 is 6.13. The van der Waals surface area contributed by atoms with E-state index in [1.807, 2.05) is 0 Å². The lowest BCUT2D eigenvalue weighted by atomic mass is 9.91. The Morgan fingerprint density at radius 2 is 0.533 bits per heavy atom. The van der Waals surface area contributed by atoms with Crippen LogP contribution in [0.25, 0.3) is 0 Å². The van der Waals surface area contributed by atoms with Gasteiger partial charge < -0.3 is 14.9 Å². The van der Waals surface area contributed by atoms with Crippen molar-refractivity contribution in [1.82, 2.24) is 0 Å².